The highest BCUT2D eigenvalue weighted by molar-refractivity contribution is 6.32. The van der Waals surface area contributed by atoms with Gasteiger partial charge in [0.1, 0.15) is 91.4 Å². The molecule has 148 heavy (non-hydrogen) atoms. The van der Waals surface area contributed by atoms with Crippen LogP contribution in [0.15, 0.2) is 245 Å². The number of hydrogen-bond acceptors (Lipinski definition) is 23. The first-order chi connectivity index (χ1) is 69.6. The number of H-pyrrole nitrogens is 5. The van der Waals surface area contributed by atoms with Crippen LogP contribution in [0.2, 0.25) is 25.1 Å². The van der Waals surface area contributed by atoms with Crippen LogP contribution in [0.4, 0.5) is 55.9 Å². The van der Waals surface area contributed by atoms with Gasteiger partial charge in [0.05, 0.1) is 51.7 Å². The van der Waals surface area contributed by atoms with Gasteiger partial charge in [-0.05, 0) is 236 Å². The van der Waals surface area contributed by atoms with E-state index in [0.29, 0.717) is 105 Å². The first-order valence-electron chi connectivity index (χ1n) is 44.7. The lowest BCUT2D eigenvalue weighted by Gasteiger charge is -2.19. The topological polar surface area (TPSA) is 402 Å². The number of halogens is 15. The van der Waals surface area contributed by atoms with Crippen molar-refractivity contribution < 1.29 is 82.7 Å². The van der Waals surface area contributed by atoms with E-state index in [-0.39, 0.29) is 23.6 Å². The van der Waals surface area contributed by atoms with Gasteiger partial charge in [-0.25, -0.2) is 44.7 Å². The molecular formula is C104H103Cl6F9N20O9. The second-order valence-electron chi connectivity index (χ2n) is 35.1. The van der Waals surface area contributed by atoms with Crippen LogP contribution >= 0.6 is 70.4 Å². The van der Waals surface area contributed by atoms with Crippen molar-refractivity contribution in [3.63, 3.8) is 0 Å². The molecule has 9 N–H and O–H groups in total. The number of pyridine rings is 13. The number of ether oxygens (including phenoxy) is 5. The minimum Gasteiger partial charge on any atom is -0.495 e. The fourth-order valence-electron chi connectivity index (χ4n) is 13.1. The Morgan fingerprint density at radius 3 is 1.12 bits per heavy atom. The summed E-state index contributed by atoms with van der Waals surface area (Å²) in [5.74, 6) is 1.90. The molecule has 0 aliphatic carbocycles. The van der Waals surface area contributed by atoms with Crippen LogP contribution in [0, 0.1) is 6.92 Å². The van der Waals surface area contributed by atoms with Crippen molar-refractivity contribution in [2.75, 3.05) is 25.3 Å². The number of methoxy groups -OCH3 is 2. The summed E-state index contributed by atoms with van der Waals surface area (Å²) in [6, 6.07) is 37.1. The molecule has 1 unspecified atom stereocenters. The van der Waals surface area contributed by atoms with Crippen LogP contribution in [0.1, 0.15) is 158 Å². The molecule has 0 aliphatic heterocycles. The normalized spacial score (nSPS) is 11.4. The van der Waals surface area contributed by atoms with Crippen LogP contribution in [0.3, 0.4) is 0 Å². The number of anilines is 2. The molecule has 44 heteroatoms. The Hall–Kier alpha value is -14.7. The van der Waals surface area contributed by atoms with Crippen molar-refractivity contribution in [2.45, 2.75) is 156 Å². The Morgan fingerprint density at radius 2 is 0.777 bits per heavy atom. The molecule has 1 amide bonds. The molecule has 18 aromatic heterocycles. The van der Waals surface area contributed by atoms with Gasteiger partial charge in [-0.2, -0.15) is 39.5 Å². The Balaban J connectivity index is 0.000000192. The van der Waals surface area contributed by atoms with Crippen LogP contribution in [-0.4, -0.2) is 145 Å². The molecule has 0 radical (unpaired) electrons. The number of aromatic amines is 5. The summed E-state index contributed by atoms with van der Waals surface area (Å²) >= 11 is 29.7. The van der Waals surface area contributed by atoms with E-state index in [1.807, 2.05) is 158 Å². The zero-order valence-corrected chi connectivity index (χ0v) is 86.2. The van der Waals surface area contributed by atoms with E-state index in [0.717, 1.165) is 153 Å². The van der Waals surface area contributed by atoms with Gasteiger partial charge in [-0.1, -0.05) is 94.4 Å². The maximum atomic E-state index is 12.6. The molecule has 0 fully saturated rings. The highest BCUT2D eigenvalue weighted by Gasteiger charge is 2.34. The average molecular weight is 2160 g/mol. The van der Waals surface area contributed by atoms with Gasteiger partial charge < -0.3 is 59.4 Å². The zero-order chi connectivity index (χ0) is 107. The lowest BCUT2D eigenvalue weighted by atomic mass is 10.0. The van der Waals surface area contributed by atoms with E-state index in [2.05, 4.69) is 109 Å². The van der Waals surface area contributed by atoms with Gasteiger partial charge >= 0.3 is 24.6 Å². The molecule has 18 heterocycles. The van der Waals surface area contributed by atoms with Crippen molar-refractivity contribution in [3.05, 3.63) is 360 Å². The Kier molecular flexibility index (Phi) is 42.8. The first kappa shape index (κ1) is 117. The third-order valence-corrected chi connectivity index (χ3v) is 21.3. The average Bonchev–Trinajstić information content (AvgIpc) is 1.64. The highest BCUT2D eigenvalue weighted by atomic mass is 35.5. The number of hydrogen-bond donors (Lipinski definition) is 8. The third-order valence-electron chi connectivity index (χ3n) is 20.2. The predicted octanol–water partition coefficient (Wildman–Crippen LogP) is 25.7. The largest absolute Gasteiger partial charge is 0.495 e. The van der Waals surface area contributed by atoms with Crippen LogP contribution in [0.5, 0.6) is 11.5 Å². The number of aliphatic hydroxyl groups is 1. The summed E-state index contributed by atoms with van der Waals surface area (Å²) in [4.78, 5) is 98.3. The Morgan fingerprint density at radius 1 is 0.399 bits per heavy atom. The number of nitrogens with zero attached hydrogens (tertiary/aromatic N) is 13. The second kappa shape index (κ2) is 54.1. The molecule has 0 aliphatic rings. The number of carbonyl (C=O) groups excluding carboxylic acids is 3. The van der Waals surface area contributed by atoms with Gasteiger partial charge in [0.15, 0.2) is 0 Å². The number of aliphatic hydroxyl groups excluding tert-OH is 1. The number of nitrogen functional groups attached to an aromatic ring is 1. The van der Waals surface area contributed by atoms with Gasteiger partial charge in [0.2, 0.25) is 0 Å². The number of nitrogens with two attached hydrogens (primary N) is 1. The van der Waals surface area contributed by atoms with Crippen molar-refractivity contribution in [1.29, 1.82) is 0 Å². The first-order valence-corrected chi connectivity index (χ1v) is 46.5. The number of rotatable bonds is 19. The van der Waals surface area contributed by atoms with Gasteiger partial charge in [0.25, 0.3) is 12.9 Å². The molecule has 18 rings (SSSR count). The SMILES string of the molecule is CC(C)(C)OC=O.CC(C)(C)OC=O.COc1ccc(C(F)(F)F)nc1.COc1ccc(NC(=O)OC(C)(C)C)nc1.Cc1ccc(C(O)c2c[nH]c3ncc(Cl)cc23)cn1.Cl.Clc1cnc2[nH]ccc2c1.FC(F)(F)c1ccc(CCc2ccc(Cc3c[nH]c4ncc(Cl)cc34)cn2)cn1.FC(F)(F)c1ccc(CCc2ccc(Cc3c[nH]c4ncc(Cl)cc34)cn2)cn1.Nc1ccc(Cc2c[nH]c3ncc(Cl)cc23)cn1. The van der Waals surface area contributed by atoms with E-state index >= 15 is 0 Å². The van der Waals surface area contributed by atoms with E-state index in [1.165, 1.54) is 43.9 Å². The molecular weight excluding hydrogens is 2060 g/mol. The molecule has 0 aromatic carbocycles. The third kappa shape index (κ3) is 38.3. The smallest absolute Gasteiger partial charge is 0.433 e. The van der Waals surface area contributed by atoms with E-state index in [9.17, 15) is 59.0 Å². The Bertz CT molecular complexity index is 7040. The molecule has 778 valence electrons. The monoisotopic (exact) mass is 2160 g/mol. The molecule has 0 bridgehead atoms. The van der Waals surface area contributed by atoms with E-state index in [4.69, 9.17) is 73.2 Å². The molecule has 0 saturated carbocycles. The fourth-order valence-corrected chi connectivity index (χ4v) is 13.9. The minimum absolute atomic E-state index is 0. The predicted molar refractivity (Wildman–Crippen MR) is 555 cm³/mol. The number of fused-ring (bicyclic) bond motifs is 5. The van der Waals surface area contributed by atoms with E-state index in [1.54, 1.807) is 102 Å². The second-order valence-corrected chi connectivity index (χ2v) is 37.3. The number of carbonyl (C=O) groups is 3. The van der Waals surface area contributed by atoms with Crippen molar-refractivity contribution >= 4 is 156 Å². The van der Waals surface area contributed by atoms with Crippen molar-refractivity contribution in [3.8, 4) is 11.5 Å². The van der Waals surface area contributed by atoms with Gasteiger partial charge in [-0.3, -0.25) is 39.8 Å². The number of alkyl halides is 9. The standard InChI is InChI=1S/2C21H16ClF3N4.C14H12ClN3O.C13H11ClN4.C11H16N2O3.C7H5ClN2.C7H6F3NO.2C5H10O2.ClH/c2*22-16-8-18-15(11-28-20(18)29-12-16)7-14-2-5-17(26-10-14)4-1-13-3-6-19(27-9-13)21(23,24)25;1-8-2-3-9(5-16-8)13(19)12-7-18-14-11(12)4-10(15)6-17-14;14-10-4-11-9(6-17-13(11)18-7-10)3-8-1-2-12(15)16-5-8;1-11(2,3)16-10(14)13-9-6-5-8(15-4)7-12-9;8-6-3-5-1-2-9-7(5)10-4-6;1-12-5-2-3-6(11-4-5)7(8,9)10;2*1-5(2,3)7-4-6;/h2*2-3,5-6,8-12H,1,4,7H2,(H,28,29);2-7,13,19H,1H3,(H,17,18);1-2,4-7H,3H2,(H2,15,16)(H,17,18);5-7H,1-4H3,(H,12,13,14);1-4H,(H,9,10);2-4H,1H3;2*4H,1-3H3;1H. The summed E-state index contributed by atoms with van der Waals surface area (Å²) in [6.07, 6.45) is 19.7. The van der Waals surface area contributed by atoms with Crippen molar-refractivity contribution in [2.24, 2.45) is 0 Å². The summed E-state index contributed by atoms with van der Waals surface area (Å²) in [6.45, 7) is 19.1. The number of amides is 1. The summed E-state index contributed by atoms with van der Waals surface area (Å²) < 4.78 is 135. The van der Waals surface area contributed by atoms with Gasteiger partial charge in [0, 0.05) is 174 Å². The number of aryl methyl sites for hydroxylation is 5. The zero-order valence-electron chi connectivity index (χ0n) is 81.6. The lowest BCUT2D eigenvalue weighted by molar-refractivity contribution is -0.142. The maximum Gasteiger partial charge on any atom is 0.433 e. The maximum absolute atomic E-state index is 12.6. The Labute approximate surface area is 875 Å². The van der Waals surface area contributed by atoms with Crippen LogP contribution < -0.4 is 20.5 Å². The molecule has 29 nitrogen and oxygen atoms in total. The number of aromatic nitrogens is 18. The van der Waals surface area contributed by atoms with Crippen LogP contribution in [0.25, 0.3) is 55.2 Å². The highest BCUT2D eigenvalue weighted by Crippen LogP contribution is 2.35. The van der Waals surface area contributed by atoms with Crippen molar-refractivity contribution in [1.82, 2.24) is 89.7 Å². The molecule has 18 aromatic rings. The molecule has 1 atom stereocenters. The summed E-state index contributed by atoms with van der Waals surface area (Å²) in [5, 5.41) is 20.9. The summed E-state index contributed by atoms with van der Waals surface area (Å²) in [7, 11) is 2.92. The van der Waals surface area contributed by atoms with Crippen LogP contribution in [-0.2, 0) is 87.3 Å². The van der Waals surface area contributed by atoms with E-state index < -0.39 is 53.4 Å². The molecule has 0 saturated heterocycles. The summed E-state index contributed by atoms with van der Waals surface area (Å²) in [5.41, 5.74) is 17.9. The quantitative estimate of drug-likeness (QED) is 0.0212. The van der Waals surface area contributed by atoms with Gasteiger partial charge in [-0.15, -0.1) is 12.4 Å². The lowest BCUT2D eigenvalue weighted by Crippen LogP contribution is -2.27. The fraction of sp³-hybridized carbons (Fsp3) is 0.250. The molecule has 0 spiro atoms. The minimum atomic E-state index is -4.41. The number of nitrogens with one attached hydrogen (secondary N) is 6.